The number of nitrogens with zero attached hydrogens (tertiary/aromatic N) is 1. The SMILES string of the molecule is CCS(=O)(=O)c1ccc(C)cc1-c1csc(C(C)NC)n1. The summed E-state index contributed by atoms with van der Waals surface area (Å²) in [7, 11) is -1.38. The maximum atomic E-state index is 12.3. The van der Waals surface area contributed by atoms with Crippen LogP contribution in [0.2, 0.25) is 0 Å². The number of sulfone groups is 1. The predicted molar refractivity (Wildman–Crippen MR) is 87.5 cm³/mol. The molecule has 1 heterocycles. The predicted octanol–water partition coefficient (Wildman–Crippen LogP) is 3.19. The maximum absolute atomic E-state index is 12.3. The molecular formula is C15H20N2O2S2. The highest BCUT2D eigenvalue weighted by molar-refractivity contribution is 7.91. The molecule has 1 N–H and O–H groups in total. The molecule has 0 aliphatic carbocycles. The molecule has 4 nitrogen and oxygen atoms in total. The number of hydrogen-bond donors (Lipinski definition) is 1. The molecule has 21 heavy (non-hydrogen) atoms. The lowest BCUT2D eigenvalue weighted by Gasteiger charge is -2.09. The molecule has 0 amide bonds. The fourth-order valence-electron chi connectivity index (χ4n) is 2.00. The molecule has 1 unspecified atom stereocenters. The van der Waals surface area contributed by atoms with Crippen LogP contribution in [0.5, 0.6) is 0 Å². The Bertz CT molecular complexity index is 736. The first kappa shape index (κ1) is 16.1. The Balaban J connectivity index is 2.58. The molecular weight excluding hydrogens is 304 g/mol. The first-order valence-corrected chi connectivity index (χ1v) is 9.38. The summed E-state index contributed by atoms with van der Waals surface area (Å²) in [6, 6.07) is 5.56. The van der Waals surface area contributed by atoms with Crippen molar-refractivity contribution < 1.29 is 8.42 Å². The van der Waals surface area contributed by atoms with E-state index in [4.69, 9.17) is 0 Å². The van der Waals surface area contributed by atoms with E-state index in [1.165, 1.54) is 0 Å². The molecule has 0 aliphatic heterocycles. The molecule has 2 aromatic rings. The number of nitrogens with one attached hydrogen (secondary N) is 1. The minimum atomic E-state index is -3.26. The smallest absolute Gasteiger partial charge is 0.178 e. The molecule has 1 atom stereocenters. The van der Waals surface area contributed by atoms with Crippen molar-refractivity contribution >= 4 is 21.2 Å². The van der Waals surface area contributed by atoms with Crippen LogP contribution >= 0.6 is 11.3 Å². The first-order chi connectivity index (χ1) is 9.89. The average molecular weight is 324 g/mol. The van der Waals surface area contributed by atoms with Gasteiger partial charge in [-0.15, -0.1) is 11.3 Å². The second kappa shape index (κ2) is 6.25. The second-order valence-electron chi connectivity index (χ2n) is 4.98. The number of hydrogen-bond acceptors (Lipinski definition) is 5. The van der Waals surface area contributed by atoms with Crippen LogP contribution in [0.3, 0.4) is 0 Å². The Kier molecular flexibility index (Phi) is 4.81. The van der Waals surface area contributed by atoms with Gasteiger partial charge in [-0.1, -0.05) is 18.6 Å². The van der Waals surface area contributed by atoms with E-state index in [1.807, 2.05) is 38.4 Å². The summed E-state index contributed by atoms with van der Waals surface area (Å²) in [4.78, 5) is 4.96. The van der Waals surface area contributed by atoms with Crippen LogP contribution in [0.1, 0.15) is 30.5 Å². The van der Waals surface area contributed by atoms with Crippen LogP contribution in [-0.4, -0.2) is 26.2 Å². The Morgan fingerprint density at radius 1 is 1.38 bits per heavy atom. The van der Waals surface area contributed by atoms with Crippen LogP contribution in [-0.2, 0) is 9.84 Å². The number of rotatable bonds is 5. The van der Waals surface area contributed by atoms with E-state index in [-0.39, 0.29) is 11.8 Å². The molecule has 0 bridgehead atoms. The summed E-state index contributed by atoms with van der Waals surface area (Å²) in [5.74, 6) is 0.0903. The molecule has 1 aromatic heterocycles. The molecule has 6 heteroatoms. The summed E-state index contributed by atoms with van der Waals surface area (Å²) in [5.41, 5.74) is 2.45. The summed E-state index contributed by atoms with van der Waals surface area (Å²) < 4.78 is 24.5. The first-order valence-electron chi connectivity index (χ1n) is 6.85. The Hall–Kier alpha value is -1.24. The van der Waals surface area contributed by atoms with Crippen LogP contribution < -0.4 is 5.32 Å². The topological polar surface area (TPSA) is 59.1 Å². The van der Waals surface area contributed by atoms with E-state index in [1.54, 1.807) is 24.3 Å². The van der Waals surface area contributed by atoms with E-state index in [9.17, 15) is 8.42 Å². The maximum Gasteiger partial charge on any atom is 0.178 e. The van der Waals surface area contributed by atoms with Crippen molar-refractivity contribution in [3.05, 3.63) is 34.2 Å². The fourth-order valence-corrected chi connectivity index (χ4v) is 3.97. The fraction of sp³-hybridized carbons (Fsp3) is 0.400. The highest BCUT2D eigenvalue weighted by Gasteiger charge is 2.20. The van der Waals surface area contributed by atoms with Crippen molar-refractivity contribution in [1.29, 1.82) is 0 Å². The van der Waals surface area contributed by atoms with E-state index >= 15 is 0 Å². The quantitative estimate of drug-likeness (QED) is 0.917. The Morgan fingerprint density at radius 3 is 2.71 bits per heavy atom. The van der Waals surface area contributed by atoms with Gasteiger partial charge in [-0.05, 0) is 33.0 Å². The molecule has 0 saturated heterocycles. The lowest BCUT2D eigenvalue weighted by molar-refractivity contribution is 0.597. The zero-order valence-electron chi connectivity index (χ0n) is 12.7. The van der Waals surface area contributed by atoms with Crippen molar-refractivity contribution in [2.75, 3.05) is 12.8 Å². The average Bonchev–Trinajstić information content (AvgIpc) is 2.95. The van der Waals surface area contributed by atoms with Crippen LogP contribution in [0, 0.1) is 6.92 Å². The van der Waals surface area contributed by atoms with Gasteiger partial charge in [0.1, 0.15) is 5.01 Å². The van der Waals surface area contributed by atoms with Gasteiger partial charge in [0.05, 0.1) is 22.4 Å². The lowest BCUT2D eigenvalue weighted by Crippen LogP contribution is -2.11. The third-order valence-electron chi connectivity index (χ3n) is 3.45. The van der Waals surface area contributed by atoms with Gasteiger partial charge in [0.25, 0.3) is 0 Å². The number of thiazole rings is 1. The zero-order valence-corrected chi connectivity index (χ0v) is 14.3. The summed E-state index contributed by atoms with van der Waals surface area (Å²) >= 11 is 1.54. The Labute approximate surface area is 130 Å². The van der Waals surface area contributed by atoms with Crippen molar-refractivity contribution in [3.8, 4) is 11.3 Å². The number of benzene rings is 1. The minimum absolute atomic E-state index is 0.0903. The van der Waals surface area contributed by atoms with E-state index in [0.717, 1.165) is 16.3 Å². The molecule has 114 valence electrons. The monoisotopic (exact) mass is 324 g/mol. The molecule has 2 rings (SSSR count). The molecule has 0 spiro atoms. The third kappa shape index (κ3) is 3.33. The highest BCUT2D eigenvalue weighted by atomic mass is 32.2. The number of aromatic nitrogens is 1. The summed E-state index contributed by atoms with van der Waals surface area (Å²) in [5, 5.41) is 6.02. The lowest BCUT2D eigenvalue weighted by atomic mass is 10.1. The molecule has 0 saturated carbocycles. The van der Waals surface area contributed by atoms with Gasteiger partial charge < -0.3 is 5.32 Å². The van der Waals surface area contributed by atoms with Crippen LogP contribution in [0.15, 0.2) is 28.5 Å². The van der Waals surface area contributed by atoms with E-state index < -0.39 is 9.84 Å². The van der Waals surface area contributed by atoms with Gasteiger partial charge >= 0.3 is 0 Å². The van der Waals surface area contributed by atoms with Gasteiger partial charge in [-0.25, -0.2) is 13.4 Å². The summed E-state index contributed by atoms with van der Waals surface area (Å²) in [6.07, 6.45) is 0. The van der Waals surface area contributed by atoms with Gasteiger partial charge in [-0.2, -0.15) is 0 Å². The molecule has 0 aliphatic rings. The van der Waals surface area contributed by atoms with Crippen molar-refractivity contribution in [3.63, 3.8) is 0 Å². The number of aryl methyl sites for hydroxylation is 1. The van der Waals surface area contributed by atoms with Crippen molar-refractivity contribution in [2.45, 2.75) is 31.7 Å². The van der Waals surface area contributed by atoms with Crippen LogP contribution in [0.4, 0.5) is 0 Å². The molecule has 0 fully saturated rings. The van der Waals surface area contributed by atoms with Gasteiger partial charge in [-0.3, -0.25) is 0 Å². The minimum Gasteiger partial charge on any atom is -0.311 e. The molecule has 1 aromatic carbocycles. The van der Waals surface area contributed by atoms with Crippen LogP contribution in [0.25, 0.3) is 11.3 Å². The zero-order chi connectivity index (χ0) is 15.6. The standard InChI is InChI=1S/C15H20N2O2S2/c1-5-21(18,19)14-7-6-10(2)8-12(14)13-9-20-15(17-13)11(3)16-4/h6-9,11,16H,5H2,1-4H3. The largest absolute Gasteiger partial charge is 0.311 e. The van der Waals surface area contributed by atoms with Gasteiger partial charge in [0.15, 0.2) is 9.84 Å². The highest BCUT2D eigenvalue weighted by Crippen LogP contribution is 2.31. The third-order valence-corrected chi connectivity index (χ3v) is 6.27. The molecule has 0 radical (unpaired) electrons. The van der Waals surface area contributed by atoms with Gasteiger partial charge in [0, 0.05) is 10.9 Å². The van der Waals surface area contributed by atoms with E-state index in [0.29, 0.717) is 10.5 Å². The second-order valence-corrected chi connectivity index (χ2v) is 8.12. The van der Waals surface area contributed by atoms with Crippen molar-refractivity contribution in [1.82, 2.24) is 10.3 Å². The normalized spacial score (nSPS) is 13.3. The van der Waals surface area contributed by atoms with E-state index in [2.05, 4.69) is 10.3 Å². The van der Waals surface area contributed by atoms with Crippen molar-refractivity contribution in [2.24, 2.45) is 0 Å². The van der Waals surface area contributed by atoms with Gasteiger partial charge in [0.2, 0.25) is 0 Å². The summed E-state index contributed by atoms with van der Waals surface area (Å²) in [6.45, 7) is 5.65. The Morgan fingerprint density at radius 2 is 2.10 bits per heavy atom.